The van der Waals surface area contributed by atoms with Crippen LogP contribution in [0.25, 0.3) is 0 Å². The first-order chi connectivity index (χ1) is 15.4. The average molecular weight is 443 g/mol. The summed E-state index contributed by atoms with van der Waals surface area (Å²) in [6, 6.07) is 11.5. The highest BCUT2D eigenvalue weighted by molar-refractivity contribution is 5.79. The first-order valence-electron chi connectivity index (χ1n) is 10.8. The molecule has 2 aliphatic rings. The number of nitrogens with one attached hydrogen (secondary N) is 1. The molecule has 0 aromatic heterocycles. The zero-order valence-electron chi connectivity index (χ0n) is 18.0. The number of carbonyl (C=O) groups is 2. The highest BCUT2D eigenvalue weighted by Gasteiger charge is 2.41. The van der Waals surface area contributed by atoms with Gasteiger partial charge >= 0.3 is 0 Å². The fourth-order valence-corrected chi connectivity index (χ4v) is 4.10. The molecule has 0 spiro atoms. The zero-order chi connectivity index (χ0) is 22.7. The Balaban J connectivity index is 1.33. The van der Waals surface area contributed by atoms with Gasteiger partial charge in [0.1, 0.15) is 12.4 Å². The Morgan fingerprint density at radius 1 is 1.06 bits per heavy atom. The van der Waals surface area contributed by atoms with Gasteiger partial charge in [-0.1, -0.05) is 30.3 Å². The van der Waals surface area contributed by atoms with Crippen molar-refractivity contribution < 1.29 is 23.1 Å². The third kappa shape index (κ3) is 5.24. The Kier molecular flexibility index (Phi) is 6.69. The van der Waals surface area contributed by atoms with Crippen LogP contribution in [-0.2, 0) is 16.2 Å². The maximum atomic E-state index is 14.5. The molecular formula is C24H27F2N3O3. The quantitative estimate of drug-likeness (QED) is 0.715. The Bertz CT molecular complexity index is 978. The van der Waals surface area contributed by atoms with Crippen LogP contribution in [0.5, 0.6) is 5.75 Å². The minimum absolute atomic E-state index is 0.0173. The minimum atomic E-state index is -0.721. The third-order valence-electron chi connectivity index (χ3n) is 6.05. The number of amides is 2. The van der Waals surface area contributed by atoms with E-state index in [0.29, 0.717) is 38.2 Å². The molecular weight excluding hydrogens is 416 g/mol. The number of carbonyl (C=O) groups excluding carboxylic acids is 2. The molecule has 1 saturated carbocycles. The number of rotatable bonds is 7. The summed E-state index contributed by atoms with van der Waals surface area (Å²) in [5.41, 5.74) is 1.38. The Labute approximate surface area is 186 Å². The van der Waals surface area contributed by atoms with Crippen LogP contribution in [0, 0.1) is 11.6 Å². The normalized spacial score (nSPS) is 20.2. The molecule has 8 heteroatoms. The SMILES string of the molecule is CC(=O)N1CCN(C(=O)CNC2CC2c2cc(F)cc(F)c2OCc2ccccc2)CC1. The maximum absolute atomic E-state index is 14.5. The average Bonchev–Trinajstić information content (AvgIpc) is 3.57. The van der Waals surface area contributed by atoms with Crippen molar-refractivity contribution in [3.63, 3.8) is 0 Å². The molecule has 0 bridgehead atoms. The molecule has 2 aromatic rings. The molecule has 1 aliphatic carbocycles. The summed E-state index contributed by atoms with van der Waals surface area (Å²) in [4.78, 5) is 27.4. The molecule has 2 fully saturated rings. The number of piperazine rings is 1. The van der Waals surface area contributed by atoms with Crippen LogP contribution in [0.15, 0.2) is 42.5 Å². The van der Waals surface area contributed by atoms with E-state index in [0.717, 1.165) is 11.6 Å². The molecule has 2 amide bonds. The van der Waals surface area contributed by atoms with Crippen LogP contribution in [0.1, 0.15) is 30.4 Å². The Morgan fingerprint density at radius 3 is 2.44 bits per heavy atom. The third-order valence-corrected chi connectivity index (χ3v) is 6.05. The summed E-state index contributed by atoms with van der Waals surface area (Å²) in [6.07, 6.45) is 0.677. The second-order valence-corrected chi connectivity index (χ2v) is 8.30. The predicted molar refractivity (Wildman–Crippen MR) is 115 cm³/mol. The number of benzene rings is 2. The number of hydrogen-bond acceptors (Lipinski definition) is 4. The summed E-state index contributed by atoms with van der Waals surface area (Å²) >= 11 is 0. The first kappa shape index (κ1) is 22.2. The maximum Gasteiger partial charge on any atom is 0.236 e. The van der Waals surface area contributed by atoms with Crippen LogP contribution in [0.4, 0.5) is 8.78 Å². The van der Waals surface area contributed by atoms with Crippen LogP contribution in [0.2, 0.25) is 0 Å². The van der Waals surface area contributed by atoms with E-state index in [-0.39, 0.29) is 42.7 Å². The standard InChI is InChI=1S/C24H27F2N3O3/c1-16(30)28-7-9-29(10-8-28)23(31)14-27-22-13-19(22)20-11-18(25)12-21(26)24(20)32-15-17-5-3-2-4-6-17/h2-6,11-12,19,22,27H,7-10,13-15H2,1H3. The van der Waals surface area contributed by atoms with Gasteiger partial charge < -0.3 is 19.9 Å². The monoisotopic (exact) mass is 443 g/mol. The van der Waals surface area contributed by atoms with Crippen LogP contribution in [0.3, 0.4) is 0 Å². The fourth-order valence-electron chi connectivity index (χ4n) is 4.10. The van der Waals surface area contributed by atoms with Crippen molar-refractivity contribution in [2.75, 3.05) is 32.7 Å². The van der Waals surface area contributed by atoms with Crippen molar-refractivity contribution in [2.45, 2.75) is 31.9 Å². The van der Waals surface area contributed by atoms with Gasteiger partial charge in [-0.2, -0.15) is 0 Å². The first-order valence-corrected chi connectivity index (χ1v) is 10.8. The highest BCUT2D eigenvalue weighted by atomic mass is 19.1. The van der Waals surface area contributed by atoms with Gasteiger partial charge in [0.15, 0.2) is 11.6 Å². The van der Waals surface area contributed by atoms with E-state index in [1.165, 1.54) is 13.0 Å². The van der Waals surface area contributed by atoms with Gasteiger partial charge in [0, 0.05) is 56.7 Å². The summed E-state index contributed by atoms with van der Waals surface area (Å²) in [5.74, 6) is -1.44. The van der Waals surface area contributed by atoms with Gasteiger partial charge in [-0.05, 0) is 18.1 Å². The van der Waals surface area contributed by atoms with Crippen molar-refractivity contribution in [1.82, 2.24) is 15.1 Å². The molecule has 2 unspecified atom stereocenters. The summed E-state index contributed by atoms with van der Waals surface area (Å²) < 4.78 is 34.2. The molecule has 32 heavy (non-hydrogen) atoms. The second kappa shape index (κ2) is 9.65. The molecule has 170 valence electrons. The summed E-state index contributed by atoms with van der Waals surface area (Å²) in [6.45, 7) is 3.97. The molecule has 6 nitrogen and oxygen atoms in total. The van der Waals surface area contributed by atoms with E-state index in [1.807, 2.05) is 30.3 Å². The zero-order valence-corrected chi connectivity index (χ0v) is 18.0. The van der Waals surface area contributed by atoms with E-state index < -0.39 is 11.6 Å². The Hall–Kier alpha value is -3.00. The lowest BCUT2D eigenvalue weighted by molar-refractivity contribution is -0.137. The van der Waals surface area contributed by atoms with Gasteiger partial charge in [0.05, 0.1) is 6.54 Å². The summed E-state index contributed by atoms with van der Waals surface area (Å²) in [5, 5.41) is 3.20. The van der Waals surface area contributed by atoms with Gasteiger partial charge in [-0.3, -0.25) is 9.59 Å². The molecule has 1 saturated heterocycles. The van der Waals surface area contributed by atoms with Crippen molar-refractivity contribution in [1.29, 1.82) is 0 Å². The van der Waals surface area contributed by atoms with E-state index >= 15 is 0 Å². The summed E-state index contributed by atoms with van der Waals surface area (Å²) in [7, 11) is 0. The van der Waals surface area contributed by atoms with Crippen LogP contribution >= 0.6 is 0 Å². The van der Waals surface area contributed by atoms with E-state index in [1.54, 1.807) is 9.80 Å². The van der Waals surface area contributed by atoms with E-state index in [9.17, 15) is 18.4 Å². The van der Waals surface area contributed by atoms with Crippen molar-refractivity contribution in [2.24, 2.45) is 0 Å². The van der Waals surface area contributed by atoms with Crippen molar-refractivity contribution in [3.8, 4) is 5.75 Å². The molecule has 1 aliphatic heterocycles. The van der Waals surface area contributed by atoms with Gasteiger partial charge in [-0.15, -0.1) is 0 Å². The molecule has 0 radical (unpaired) electrons. The van der Waals surface area contributed by atoms with Gasteiger partial charge in [-0.25, -0.2) is 8.78 Å². The number of nitrogens with zero attached hydrogens (tertiary/aromatic N) is 2. The lowest BCUT2D eigenvalue weighted by atomic mass is 10.1. The smallest absolute Gasteiger partial charge is 0.236 e. The molecule has 1 heterocycles. The molecule has 2 atom stereocenters. The fraction of sp³-hybridized carbons (Fsp3) is 0.417. The predicted octanol–water partition coefficient (Wildman–Crippen LogP) is 2.68. The molecule has 4 rings (SSSR count). The number of ether oxygens (including phenoxy) is 1. The minimum Gasteiger partial charge on any atom is -0.486 e. The van der Waals surface area contributed by atoms with Crippen molar-refractivity contribution in [3.05, 3.63) is 65.2 Å². The molecule has 2 aromatic carbocycles. The lowest BCUT2D eigenvalue weighted by Gasteiger charge is -2.34. The van der Waals surface area contributed by atoms with Crippen LogP contribution < -0.4 is 10.1 Å². The van der Waals surface area contributed by atoms with Crippen LogP contribution in [-0.4, -0.2) is 60.4 Å². The van der Waals surface area contributed by atoms with E-state index in [4.69, 9.17) is 4.74 Å². The number of halogens is 2. The highest BCUT2D eigenvalue weighted by Crippen LogP contribution is 2.46. The Morgan fingerprint density at radius 2 is 1.75 bits per heavy atom. The van der Waals surface area contributed by atoms with Crippen molar-refractivity contribution >= 4 is 11.8 Å². The lowest BCUT2D eigenvalue weighted by Crippen LogP contribution is -2.52. The molecule has 1 N–H and O–H groups in total. The van der Waals surface area contributed by atoms with Gasteiger partial charge in [0.2, 0.25) is 11.8 Å². The number of hydrogen-bond donors (Lipinski definition) is 1. The topological polar surface area (TPSA) is 61.9 Å². The van der Waals surface area contributed by atoms with E-state index in [2.05, 4.69) is 5.32 Å². The largest absolute Gasteiger partial charge is 0.486 e. The van der Waals surface area contributed by atoms with Gasteiger partial charge in [0.25, 0.3) is 0 Å². The second-order valence-electron chi connectivity index (χ2n) is 8.30.